The zero-order valence-corrected chi connectivity index (χ0v) is 12.6. The van der Waals surface area contributed by atoms with E-state index < -0.39 is 0 Å². The van der Waals surface area contributed by atoms with Gasteiger partial charge in [-0.3, -0.25) is 9.78 Å². The fourth-order valence-corrected chi connectivity index (χ4v) is 2.61. The SMILES string of the molecule is Cc1nc(Nc2cccc3c(O)cccc23)[nH]c(=O)c1CCO. The largest absolute Gasteiger partial charge is 0.507 e. The molecule has 23 heavy (non-hydrogen) atoms. The summed E-state index contributed by atoms with van der Waals surface area (Å²) in [5.74, 6) is 0.520. The Morgan fingerprint density at radius 2 is 1.91 bits per heavy atom. The summed E-state index contributed by atoms with van der Waals surface area (Å²) in [6.07, 6.45) is 0.274. The minimum absolute atomic E-state index is 0.0963. The quantitative estimate of drug-likeness (QED) is 0.592. The van der Waals surface area contributed by atoms with Crippen LogP contribution in [0.1, 0.15) is 11.3 Å². The molecular weight excluding hydrogens is 294 g/mol. The molecule has 0 saturated carbocycles. The average Bonchev–Trinajstić information content (AvgIpc) is 2.52. The van der Waals surface area contributed by atoms with Gasteiger partial charge >= 0.3 is 0 Å². The lowest BCUT2D eigenvalue weighted by Crippen LogP contribution is -2.19. The van der Waals surface area contributed by atoms with E-state index in [0.29, 0.717) is 22.6 Å². The lowest BCUT2D eigenvalue weighted by Gasteiger charge is -2.11. The summed E-state index contributed by atoms with van der Waals surface area (Å²) < 4.78 is 0. The Morgan fingerprint density at radius 3 is 2.65 bits per heavy atom. The van der Waals surface area contributed by atoms with Crippen molar-refractivity contribution >= 4 is 22.4 Å². The number of aromatic amines is 1. The van der Waals surface area contributed by atoms with Crippen LogP contribution in [0.2, 0.25) is 0 Å². The highest BCUT2D eigenvalue weighted by Gasteiger charge is 2.09. The molecule has 1 heterocycles. The molecule has 118 valence electrons. The van der Waals surface area contributed by atoms with Crippen LogP contribution in [0.3, 0.4) is 0 Å². The third-order valence-corrected chi connectivity index (χ3v) is 3.74. The lowest BCUT2D eigenvalue weighted by molar-refractivity contribution is 0.298. The summed E-state index contributed by atoms with van der Waals surface area (Å²) in [6, 6.07) is 10.7. The highest BCUT2D eigenvalue weighted by atomic mass is 16.3. The fraction of sp³-hybridized carbons (Fsp3) is 0.176. The Hall–Kier alpha value is -2.86. The van der Waals surface area contributed by atoms with Crippen molar-refractivity contribution in [1.82, 2.24) is 9.97 Å². The molecule has 0 fully saturated rings. The Labute approximate surface area is 132 Å². The zero-order chi connectivity index (χ0) is 16.4. The number of aliphatic hydroxyl groups is 1. The van der Waals surface area contributed by atoms with E-state index in [2.05, 4.69) is 15.3 Å². The number of hydrogen-bond donors (Lipinski definition) is 4. The molecule has 1 aromatic heterocycles. The normalized spacial score (nSPS) is 10.9. The molecule has 0 saturated heterocycles. The van der Waals surface area contributed by atoms with Crippen molar-refractivity contribution in [3.63, 3.8) is 0 Å². The van der Waals surface area contributed by atoms with E-state index in [9.17, 15) is 9.90 Å². The molecule has 6 heteroatoms. The molecule has 0 radical (unpaired) electrons. The number of benzene rings is 2. The van der Waals surface area contributed by atoms with Gasteiger partial charge in [-0.1, -0.05) is 24.3 Å². The van der Waals surface area contributed by atoms with Crippen molar-refractivity contribution < 1.29 is 10.2 Å². The first-order chi connectivity index (χ1) is 11.1. The molecule has 0 aliphatic rings. The summed E-state index contributed by atoms with van der Waals surface area (Å²) in [6.45, 7) is 1.64. The van der Waals surface area contributed by atoms with Crippen LogP contribution in [0.15, 0.2) is 41.2 Å². The van der Waals surface area contributed by atoms with Gasteiger partial charge in [-0.05, 0) is 19.1 Å². The number of aromatic nitrogens is 2. The predicted octanol–water partition coefficient (Wildman–Crippen LogP) is 2.22. The van der Waals surface area contributed by atoms with Crippen molar-refractivity contribution in [3.05, 3.63) is 58.0 Å². The second-order valence-corrected chi connectivity index (χ2v) is 5.25. The number of H-pyrrole nitrogens is 1. The minimum atomic E-state index is -0.267. The molecule has 0 amide bonds. The molecule has 4 N–H and O–H groups in total. The number of rotatable bonds is 4. The van der Waals surface area contributed by atoms with Gasteiger partial charge in [0.1, 0.15) is 5.75 Å². The first kappa shape index (κ1) is 15.1. The molecule has 3 aromatic rings. The Morgan fingerprint density at radius 1 is 1.17 bits per heavy atom. The third kappa shape index (κ3) is 2.89. The highest BCUT2D eigenvalue weighted by molar-refractivity contribution is 5.98. The summed E-state index contributed by atoms with van der Waals surface area (Å²) in [4.78, 5) is 19.1. The molecule has 0 spiro atoms. The average molecular weight is 311 g/mol. The van der Waals surface area contributed by atoms with Crippen LogP contribution in [0.25, 0.3) is 10.8 Å². The van der Waals surface area contributed by atoms with Gasteiger partial charge in [-0.25, -0.2) is 4.98 Å². The van der Waals surface area contributed by atoms with E-state index >= 15 is 0 Å². The molecule has 0 aliphatic heterocycles. The van der Waals surface area contributed by atoms with Crippen molar-refractivity contribution in [3.8, 4) is 5.75 Å². The van der Waals surface area contributed by atoms with Gasteiger partial charge in [0.15, 0.2) is 0 Å². The molecular formula is C17H17N3O3. The monoisotopic (exact) mass is 311 g/mol. The van der Waals surface area contributed by atoms with Crippen LogP contribution in [-0.2, 0) is 6.42 Å². The molecule has 3 rings (SSSR count). The minimum Gasteiger partial charge on any atom is -0.507 e. The van der Waals surface area contributed by atoms with Gasteiger partial charge in [-0.2, -0.15) is 0 Å². The predicted molar refractivity (Wildman–Crippen MR) is 89.3 cm³/mol. The second kappa shape index (κ2) is 6.10. The van der Waals surface area contributed by atoms with Gasteiger partial charge in [0.2, 0.25) is 5.95 Å². The van der Waals surface area contributed by atoms with Crippen LogP contribution >= 0.6 is 0 Å². The van der Waals surface area contributed by atoms with Crippen LogP contribution in [0.4, 0.5) is 11.6 Å². The van der Waals surface area contributed by atoms with Crippen molar-refractivity contribution in [2.24, 2.45) is 0 Å². The number of anilines is 2. The summed E-state index contributed by atoms with van der Waals surface area (Å²) in [5, 5.41) is 23.5. The maximum atomic E-state index is 12.1. The lowest BCUT2D eigenvalue weighted by atomic mass is 10.1. The maximum absolute atomic E-state index is 12.1. The van der Waals surface area contributed by atoms with Gasteiger partial charge in [0.25, 0.3) is 5.56 Å². The number of aliphatic hydroxyl groups excluding tert-OH is 1. The number of nitrogens with one attached hydrogen (secondary N) is 2. The van der Waals surface area contributed by atoms with Gasteiger partial charge in [-0.15, -0.1) is 0 Å². The first-order valence-electron chi connectivity index (χ1n) is 7.28. The highest BCUT2D eigenvalue weighted by Crippen LogP contribution is 2.30. The summed E-state index contributed by atoms with van der Waals surface area (Å²) in [5.41, 5.74) is 1.52. The summed E-state index contributed by atoms with van der Waals surface area (Å²) in [7, 11) is 0. The number of hydrogen-bond acceptors (Lipinski definition) is 5. The van der Waals surface area contributed by atoms with E-state index in [0.717, 1.165) is 11.1 Å². The summed E-state index contributed by atoms with van der Waals surface area (Å²) >= 11 is 0. The second-order valence-electron chi connectivity index (χ2n) is 5.25. The van der Waals surface area contributed by atoms with Crippen LogP contribution < -0.4 is 10.9 Å². The van der Waals surface area contributed by atoms with Gasteiger partial charge in [0.05, 0.1) is 5.69 Å². The smallest absolute Gasteiger partial charge is 0.255 e. The number of nitrogens with zero attached hydrogens (tertiary/aromatic N) is 1. The maximum Gasteiger partial charge on any atom is 0.255 e. The number of phenolic OH excluding ortho intramolecular Hbond substituents is 1. The Kier molecular flexibility index (Phi) is 3.99. The zero-order valence-electron chi connectivity index (χ0n) is 12.6. The Balaban J connectivity index is 2.03. The van der Waals surface area contributed by atoms with Gasteiger partial charge in [0, 0.05) is 35.1 Å². The number of fused-ring (bicyclic) bond motifs is 1. The molecule has 0 unspecified atom stereocenters. The van der Waals surface area contributed by atoms with E-state index in [1.165, 1.54) is 0 Å². The van der Waals surface area contributed by atoms with Crippen molar-refractivity contribution in [2.75, 3.05) is 11.9 Å². The number of aryl methyl sites for hydroxylation is 1. The molecule has 0 aliphatic carbocycles. The first-order valence-corrected chi connectivity index (χ1v) is 7.28. The van der Waals surface area contributed by atoms with E-state index in [4.69, 9.17) is 5.11 Å². The third-order valence-electron chi connectivity index (χ3n) is 3.74. The van der Waals surface area contributed by atoms with Crippen LogP contribution in [0, 0.1) is 6.92 Å². The van der Waals surface area contributed by atoms with Crippen molar-refractivity contribution in [2.45, 2.75) is 13.3 Å². The van der Waals surface area contributed by atoms with E-state index in [1.807, 2.05) is 24.3 Å². The van der Waals surface area contributed by atoms with Crippen LogP contribution in [-0.4, -0.2) is 26.8 Å². The molecule has 6 nitrogen and oxygen atoms in total. The number of phenols is 1. The topological polar surface area (TPSA) is 98.2 Å². The van der Waals surface area contributed by atoms with Crippen LogP contribution in [0.5, 0.6) is 5.75 Å². The van der Waals surface area contributed by atoms with E-state index in [1.54, 1.807) is 19.1 Å². The number of aromatic hydroxyl groups is 1. The van der Waals surface area contributed by atoms with Gasteiger partial charge < -0.3 is 15.5 Å². The standard InChI is InChI=1S/C17H17N3O3/c1-10-11(8-9-21)16(23)20-17(18-10)19-14-6-2-5-13-12(14)4-3-7-15(13)22/h2-7,21-22H,8-9H2,1H3,(H2,18,19,20,23). The fourth-order valence-electron chi connectivity index (χ4n) is 2.61. The van der Waals surface area contributed by atoms with E-state index in [-0.39, 0.29) is 24.3 Å². The molecule has 0 bridgehead atoms. The molecule has 0 atom stereocenters. The van der Waals surface area contributed by atoms with Crippen molar-refractivity contribution in [1.29, 1.82) is 0 Å². The molecule has 2 aromatic carbocycles. The Bertz CT molecular complexity index is 919.